The van der Waals surface area contributed by atoms with E-state index < -0.39 is 5.97 Å². The fourth-order valence-corrected chi connectivity index (χ4v) is 2.55. The smallest absolute Gasteiger partial charge is 0.339 e. The van der Waals surface area contributed by atoms with E-state index in [1.807, 2.05) is 18.2 Å². The summed E-state index contributed by atoms with van der Waals surface area (Å²) < 4.78 is 1.05. The minimum Gasteiger partial charge on any atom is -0.507 e. The van der Waals surface area contributed by atoms with Crippen molar-refractivity contribution in [3.8, 4) is 5.75 Å². The van der Waals surface area contributed by atoms with Crippen LogP contribution < -0.4 is 5.32 Å². The van der Waals surface area contributed by atoms with Crippen molar-refractivity contribution in [1.82, 2.24) is 9.97 Å². The maximum Gasteiger partial charge on any atom is 0.339 e. The number of hydrogen-bond donors (Lipinski definition) is 3. The number of nitrogens with zero attached hydrogens (tertiary/aromatic N) is 2. The summed E-state index contributed by atoms with van der Waals surface area (Å²) in [4.78, 5) is 19.3. The highest BCUT2D eigenvalue weighted by Crippen LogP contribution is 2.27. The standard InChI is InChI=1S/C15H10IN3O3.ClH/c16-8-1-4-12-11(5-8)14(18-7-17-12)19-9-2-3-10(15(21)22)13(20)6-9;/h1-7,20H,(H,21,22)(H,17,18,19);1H. The second-order valence-corrected chi connectivity index (χ2v) is 5.79. The molecule has 118 valence electrons. The Kier molecular flexibility index (Phi) is 5.22. The summed E-state index contributed by atoms with van der Waals surface area (Å²) in [6.45, 7) is 0. The van der Waals surface area contributed by atoms with Crippen LogP contribution >= 0.6 is 35.0 Å². The van der Waals surface area contributed by atoms with Gasteiger partial charge in [-0.3, -0.25) is 0 Å². The molecule has 1 aromatic heterocycles. The van der Waals surface area contributed by atoms with Crippen molar-refractivity contribution in [2.75, 3.05) is 5.32 Å². The second kappa shape index (κ2) is 6.97. The van der Waals surface area contributed by atoms with E-state index in [9.17, 15) is 9.90 Å². The van der Waals surface area contributed by atoms with Gasteiger partial charge in [-0.15, -0.1) is 12.4 Å². The number of aromatic hydroxyl groups is 1. The van der Waals surface area contributed by atoms with E-state index in [1.165, 1.54) is 18.5 Å². The molecule has 0 saturated heterocycles. The number of rotatable bonds is 3. The molecule has 8 heteroatoms. The van der Waals surface area contributed by atoms with Crippen LogP contribution in [0.5, 0.6) is 5.75 Å². The molecule has 0 radical (unpaired) electrons. The lowest BCUT2D eigenvalue weighted by molar-refractivity contribution is 0.0694. The SMILES string of the molecule is Cl.O=C(O)c1ccc(Nc2ncnc3ccc(I)cc23)cc1O. The fraction of sp³-hybridized carbons (Fsp3) is 0. The van der Waals surface area contributed by atoms with Gasteiger partial charge in [0.2, 0.25) is 0 Å². The van der Waals surface area contributed by atoms with Crippen LogP contribution in [0.3, 0.4) is 0 Å². The average Bonchev–Trinajstić information content (AvgIpc) is 2.47. The molecule has 0 aliphatic rings. The number of aromatic carboxylic acids is 1. The minimum atomic E-state index is -1.17. The van der Waals surface area contributed by atoms with Gasteiger partial charge in [0, 0.05) is 20.7 Å². The highest BCUT2D eigenvalue weighted by atomic mass is 127. The number of phenols is 1. The number of halogens is 2. The molecule has 0 saturated carbocycles. The molecule has 0 fully saturated rings. The largest absolute Gasteiger partial charge is 0.507 e. The molecular weight excluding hydrogens is 433 g/mol. The number of benzene rings is 2. The molecule has 0 spiro atoms. The quantitative estimate of drug-likeness (QED) is 0.533. The molecule has 0 aliphatic heterocycles. The van der Waals surface area contributed by atoms with Crippen LogP contribution in [-0.2, 0) is 0 Å². The van der Waals surface area contributed by atoms with E-state index in [0.29, 0.717) is 11.5 Å². The first kappa shape index (κ1) is 17.2. The molecule has 1 heterocycles. The summed E-state index contributed by atoms with van der Waals surface area (Å²) in [6.07, 6.45) is 1.45. The van der Waals surface area contributed by atoms with Crippen molar-refractivity contribution in [2.24, 2.45) is 0 Å². The van der Waals surface area contributed by atoms with Crippen LogP contribution in [0.2, 0.25) is 0 Å². The lowest BCUT2D eigenvalue weighted by Gasteiger charge is -2.09. The van der Waals surface area contributed by atoms with Gasteiger partial charge in [-0.1, -0.05) is 0 Å². The molecule has 0 aliphatic carbocycles. The maximum atomic E-state index is 10.9. The molecule has 3 rings (SSSR count). The Morgan fingerprint density at radius 1 is 1.13 bits per heavy atom. The third kappa shape index (κ3) is 3.62. The Labute approximate surface area is 151 Å². The summed E-state index contributed by atoms with van der Waals surface area (Å²) >= 11 is 2.20. The average molecular weight is 444 g/mol. The predicted molar refractivity (Wildman–Crippen MR) is 97.9 cm³/mol. The van der Waals surface area contributed by atoms with Crippen molar-refractivity contribution >= 4 is 63.4 Å². The highest BCUT2D eigenvalue weighted by molar-refractivity contribution is 14.1. The van der Waals surface area contributed by atoms with Gasteiger partial charge in [-0.05, 0) is 52.9 Å². The van der Waals surface area contributed by atoms with Crippen molar-refractivity contribution < 1.29 is 15.0 Å². The van der Waals surface area contributed by atoms with Crippen molar-refractivity contribution in [2.45, 2.75) is 0 Å². The van der Waals surface area contributed by atoms with E-state index in [4.69, 9.17) is 5.11 Å². The lowest BCUT2D eigenvalue weighted by Crippen LogP contribution is -1.99. The molecule has 0 unspecified atom stereocenters. The summed E-state index contributed by atoms with van der Waals surface area (Å²) in [5.74, 6) is -0.887. The first-order valence-electron chi connectivity index (χ1n) is 6.28. The third-order valence-corrected chi connectivity index (χ3v) is 3.76. The van der Waals surface area contributed by atoms with Gasteiger partial charge in [0.05, 0.1) is 5.52 Å². The molecule has 0 atom stereocenters. The number of aromatic nitrogens is 2. The molecule has 0 amide bonds. The first-order valence-corrected chi connectivity index (χ1v) is 7.36. The van der Waals surface area contributed by atoms with E-state index >= 15 is 0 Å². The normalized spacial score (nSPS) is 10.1. The summed E-state index contributed by atoms with van der Waals surface area (Å²) in [5.41, 5.74) is 1.19. The predicted octanol–water partition coefficient (Wildman–Crippen LogP) is 3.80. The zero-order valence-corrected chi connectivity index (χ0v) is 14.5. The number of anilines is 2. The Morgan fingerprint density at radius 3 is 2.61 bits per heavy atom. The maximum absolute atomic E-state index is 10.9. The van der Waals surface area contributed by atoms with Crippen molar-refractivity contribution in [3.05, 3.63) is 51.9 Å². The third-order valence-electron chi connectivity index (χ3n) is 3.09. The van der Waals surface area contributed by atoms with Gasteiger partial charge < -0.3 is 15.5 Å². The lowest BCUT2D eigenvalue weighted by atomic mass is 10.1. The van der Waals surface area contributed by atoms with E-state index in [-0.39, 0.29) is 23.7 Å². The zero-order valence-electron chi connectivity index (χ0n) is 11.5. The Hall–Kier alpha value is -2.13. The molecule has 3 N–H and O–H groups in total. The van der Waals surface area contributed by atoms with Crippen molar-refractivity contribution in [3.63, 3.8) is 0 Å². The zero-order chi connectivity index (χ0) is 15.7. The first-order chi connectivity index (χ1) is 10.5. The number of carbonyl (C=O) groups is 1. The number of fused-ring (bicyclic) bond motifs is 1. The highest BCUT2D eigenvalue weighted by Gasteiger charge is 2.11. The fourth-order valence-electron chi connectivity index (χ4n) is 2.06. The molecule has 3 aromatic rings. The Morgan fingerprint density at radius 2 is 1.91 bits per heavy atom. The second-order valence-electron chi connectivity index (χ2n) is 4.55. The van der Waals surface area contributed by atoms with Crippen LogP contribution in [0.25, 0.3) is 10.9 Å². The Bertz CT molecular complexity index is 889. The van der Waals surface area contributed by atoms with Gasteiger partial charge in [0.15, 0.2) is 0 Å². The van der Waals surface area contributed by atoms with E-state index in [1.54, 1.807) is 6.07 Å². The van der Waals surface area contributed by atoms with Gasteiger partial charge >= 0.3 is 5.97 Å². The van der Waals surface area contributed by atoms with Crippen LogP contribution in [0.1, 0.15) is 10.4 Å². The molecule has 2 aromatic carbocycles. The van der Waals surface area contributed by atoms with Crippen LogP contribution in [0, 0.1) is 3.57 Å². The van der Waals surface area contributed by atoms with E-state index in [2.05, 4.69) is 37.9 Å². The minimum absolute atomic E-state index is 0. The van der Waals surface area contributed by atoms with Crippen molar-refractivity contribution in [1.29, 1.82) is 0 Å². The van der Waals surface area contributed by atoms with Crippen LogP contribution in [0.4, 0.5) is 11.5 Å². The number of carboxylic acid groups (broad SMARTS) is 1. The molecule has 0 bridgehead atoms. The van der Waals surface area contributed by atoms with Gasteiger partial charge in [0.25, 0.3) is 0 Å². The van der Waals surface area contributed by atoms with Gasteiger partial charge in [0.1, 0.15) is 23.5 Å². The van der Waals surface area contributed by atoms with Gasteiger partial charge in [-0.25, -0.2) is 14.8 Å². The van der Waals surface area contributed by atoms with Crippen LogP contribution in [-0.4, -0.2) is 26.2 Å². The van der Waals surface area contributed by atoms with Gasteiger partial charge in [-0.2, -0.15) is 0 Å². The summed E-state index contributed by atoms with van der Waals surface area (Å²) in [6, 6.07) is 10.1. The number of hydrogen-bond acceptors (Lipinski definition) is 5. The summed E-state index contributed by atoms with van der Waals surface area (Å²) in [5, 5.41) is 22.6. The monoisotopic (exact) mass is 443 g/mol. The number of nitrogens with one attached hydrogen (secondary N) is 1. The molecule has 23 heavy (non-hydrogen) atoms. The topological polar surface area (TPSA) is 95.3 Å². The molecular formula is C15H11ClIN3O3. The summed E-state index contributed by atoms with van der Waals surface area (Å²) in [7, 11) is 0. The molecule has 6 nitrogen and oxygen atoms in total. The van der Waals surface area contributed by atoms with Crippen LogP contribution in [0.15, 0.2) is 42.7 Å². The Balaban J connectivity index is 0.00000192. The number of carboxylic acids is 1. The van der Waals surface area contributed by atoms with E-state index in [0.717, 1.165) is 14.5 Å².